The number of hydrogen-bond donors (Lipinski definition) is 1. The Morgan fingerprint density at radius 3 is 2.44 bits per heavy atom. The maximum Gasteiger partial charge on any atom is 0.408 e. The molecule has 2 aromatic carbocycles. The van der Waals surface area contributed by atoms with Gasteiger partial charge in [-0.2, -0.15) is 0 Å². The van der Waals surface area contributed by atoms with Crippen molar-refractivity contribution in [1.82, 2.24) is 14.9 Å². The standard InChI is InChI=1S/C27H31F2N3O2/c1-7-27(5,6)23(31-25(33)34-26(2,3)4)24-30-22(20-15-19(28)13-14-21(20)29)17-32(24)16-18-11-9-8-10-12-18/h7-15,17,23H,1,16H2,2-6H3,(H,31,33)/t23-/m0/s1. The van der Waals surface area contributed by atoms with Gasteiger partial charge in [-0.1, -0.05) is 50.3 Å². The van der Waals surface area contributed by atoms with Gasteiger partial charge in [0, 0.05) is 23.7 Å². The fourth-order valence-corrected chi connectivity index (χ4v) is 3.52. The van der Waals surface area contributed by atoms with E-state index in [0.29, 0.717) is 12.4 Å². The average molecular weight is 468 g/mol. The maximum absolute atomic E-state index is 14.6. The Hall–Kier alpha value is -3.48. The third-order valence-corrected chi connectivity index (χ3v) is 5.40. The number of alkyl carbamates (subject to hydrolysis) is 1. The molecule has 0 saturated heterocycles. The molecule has 1 N–H and O–H groups in total. The summed E-state index contributed by atoms with van der Waals surface area (Å²) in [7, 11) is 0. The van der Waals surface area contributed by atoms with Crippen molar-refractivity contribution in [2.24, 2.45) is 5.41 Å². The molecule has 1 aromatic heterocycles. The van der Waals surface area contributed by atoms with Crippen LogP contribution in [0.3, 0.4) is 0 Å². The molecule has 0 bridgehead atoms. The molecule has 7 heteroatoms. The van der Waals surface area contributed by atoms with Crippen molar-refractivity contribution in [2.75, 3.05) is 0 Å². The summed E-state index contributed by atoms with van der Waals surface area (Å²) < 4.78 is 35.8. The fraction of sp³-hybridized carbons (Fsp3) is 0.333. The summed E-state index contributed by atoms with van der Waals surface area (Å²) in [5.74, 6) is -0.680. The third kappa shape index (κ3) is 6.10. The van der Waals surface area contributed by atoms with Crippen molar-refractivity contribution in [1.29, 1.82) is 0 Å². The minimum atomic E-state index is -0.692. The number of rotatable bonds is 7. The molecule has 0 radical (unpaired) electrons. The molecular weight excluding hydrogens is 436 g/mol. The van der Waals surface area contributed by atoms with E-state index in [1.807, 2.05) is 48.7 Å². The van der Waals surface area contributed by atoms with Crippen LogP contribution in [0.2, 0.25) is 0 Å². The SMILES string of the molecule is C=CC(C)(C)[C@@H](NC(=O)OC(C)(C)C)c1nc(-c2cc(F)ccc2F)cn1Cc1ccccc1. The quantitative estimate of drug-likeness (QED) is 0.396. The molecule has 0 aliphatic carbocycles. The minimum Gasteiger partial charge on any atom is -0.444 e. The van der Waals surface area contributed by atoms with Crippen LogP contribution in [0.1, 0.15) is 52.0 Å². The zero-order valence-corrected chi connectivity index (χ0v) is 20.2. The first kappa shape index (κ1) is 25.1. The smallest absolute Gasteiger partial charge is 0.408 e. The second-order valence-corrected chi connectivity index (χ2v) is 9.83. The molecule has 3 rings (SSSR count). The van der Waals surface area contributed by atoms with Gasteiger partial charge < -0.3 is 14.6 Å². The van der Waals surface area contributed by atoms with Gasteiger partial charge in [0.25, 0.3) is 0 Å². The summed E-state index contributed by atoms with van der Waals surface area (Å²) in [6.45, 7) is 13.5. The molecule has 34 heavy (non-hydrogen) atoms. The number of nitrogens with zero attached hydrogens (tertiary/aromatic N) is 2. The van der Waals surface area contributed by atoms with Crippen molar-refractivity contribution in [3.05, 3.63) is 90.4 Å². The lowest BCUT2D eigenvalue weighted by molar-refractivity contribution is 0.0467. The van der Waals surface area contributed by atoms with Crippen molar-refractivity contribution < 1.29 is 18.3 Å². The van der Waals surface area contributed by atoms with Crippen LogP contribution < -0.4 is 5.32 Å². The monoisotopic (exact) mass is 467 g/mol. The van der Waals surface area contributed by atoms with E-state index in [1.54, 1.807) is 33.0 Å². The molecule has 1 atom stereocenters. The van der Waals surface area contributed by atoms with Gasteiger partial charge in [0.05, 0.1) is 11.7 Å². The van der Waals surface area contributed by atoms with Crippen LogP contribution >= 0.6 is 0 Å². The van der Waals surface area contributed by atoms with E-state index in [2.05, 4.69) is 16.9 Å². The molecule has 180 valence electrons. The number of benzene rings is 2. The number of nitrogens with one attached hydrogen (secondary N) is 1. The minimum absolute atomic E-state index is 0.0421. The number of carbonyl (C=O) groups is 1. The number of hydrogen-bond acceptors (Lipinski definition) is 3. The van der Waals surface area contributed by atoms with Gasteiger partial charge >= 0.3 is 6.09 Å². The number of imidazole rings is 1. The Morgan fingerprint density at radius 2 is 1.82 bits per heavy atom. The van der Waals surface area contributed by atoms with Crippen LogP contribution in [0.15, 0.2) is 67.4 Å². The largest absolute Gasteiger partial charge is 0.444 e. The second-order valence-electron chi connectivity index (χ2n) is 9.83. The summed E-state index contributed by atoms with van der Waals surface area (Å²) in [4.78, 5) is 17.4. The highest BCUT2D eigenvalue weighted by Gasteiger charge is 2.35. The van der Waals surface area contributed by atoms with Crippen LogP contribution in [0.4, 0.5) is 13.6 Å². The maximum atomic E-state index is 14.6. The zero-order valence-electron chi connectivity index (χ0n) is 20.2. The van der Waals surface area contributed by atoms with Gasteiger partial charge in [-0.15, -0.1) is 6.58 Å². The normalized spacial score (nSPS) is 12.8. The van der Waals surface area contributed by atoms with Crippen LogP contribution in [0.5, 0.6) is 0 Å². The molecular formula is C27H31F2N3O2. The van der Waals surface area contributed by atoms with Crippen molar-refractivity contribution in [2.45, 2.75) is 52.8 Å². The third-order valence-electron chi connectivity index (χ3n) is 5.40. The van der Waals surface area contributed by atoms with E-state index in [9.17, 15) is 13.6 Å². The molecule has 1 heterocycles. The number of amides is 1. The first-order chi connectivity index (χ1) is 15.9. The number of halogens is 2. The van der Waals surface area contributed by atoms with E-state index in [4.69, 9.17) is 4.74 Å². The Labute approximate surface area is 199 Å². The predicted octanol–water partition coefficient (Wildman–Crippen LogP) is 6.65. The Bertz CT molecular complexity index is 1160. The molecule has 0 aliphatic heterocycles. The van der Waals surface area contributed by atoms with E-state index < -0.39 is 34.8 Å². The Morgan fingerprint density at radius 1 is 1.15 bits per heavy atom. The first-order valence-corrected chi connectivity index (χ1v) is 11.1. The van der Waals surface area contributed by atoms with Crippen molar-refractivity contribution in [3.63, 3.8) is 0 Å². The number of aromatic nitrogens is 2. The molecule has 1 amide bonds. The van der Waals surface area contributed by atoms with Gasteiger partial charge in [0.2, 0.25) is 0 Å². The molecule has 0 unspecified atom stereocenters. The lowest BCUT2D eigenvalue weighted by atomic mass is 9.84. The number of carbonyl (C=O) groups excluding carboxylic acids is 1. The summed E-state index contributed by atoms with van der Waals surface area (Å²) in [6, 6.07) is 12.3. The second kappa shape index (κ2) is 9.79. The van der Waals surface area contributed by atoms with E-state index in [0.717, 1.165) is 23.8 Å². The van der Waals surface area contributed by atoms with Gasteiger partial charge in [0.1, 0.15) is 23.1 Å². The lowest BCUT2D eigenvalue weighted by Crippen LogP contribution is -2.41. The number of ether oxygens (including phenoxy) is 1. The summed E-state index contributed by atoms with van der Waals surface area (Å²) in [5, 5.41) is 2.91. The van der Waals surface area contributed by atoms with Gasteiger partial charge in [-0.3, -0.25) is 0 Å². The van der Waals surface area contributed by atoms with Gasteiger partial charge in [-0.05, 0) is 44.5 Å². The van der Waals surface area contributed by atoms with E-state index >= 15 is 0 Å². The molecule has 0 aliphatic rings. The highest BCUT2D eigenvalue weighted by molar-refractivity contribution is 5.68. The Kier molecular flexibility index (Phi) is 7.24. The lowest BCUT2D eigenvalue weighted by Gasteiger charge is -2.33. The predicted molar refractivity (Wildman–Crippen MR) is 129 cm³/mol. The van der Waals surface area contributed by atoms with Crippen LogP contribution in [-0.2, 0) is 11.3 Å². The van der Waals surface area contributed by atoms with Crippen LogP contribution in [0, 0.1) is 17.0 Å². The molecule has 3 aromatic rings. The fourth-order valence-electron chi connectivity index (χ4n) is 3.52. The molecule has 0 fully saturated rings. The molecule has 0 saturated carbocycles. The van der Waals surface area contributed by atoms with Crippen molar-refractivity contribution >= 4 is 6.09 Å². The first-order valence-electron chi connectivity index (χ1n) is 11.1. The summed E-state index contributed by atoms with van der Waals surface area (Å²) in [6.07, 6.45) is 2.78. The van der Waals surface area contributed by atoms with Gasteiger partial charge in [-0.25, -0.2) is 18.6 Å². The highest BCUT2D eigenvalue weighted by atomic mass is 19.1. The van der Waals surface area contributed by atoms with E-state index in [1.165, 1.54) is 0 Å². The zero-order chi connectivity index (χ0) is 25.1. The van der Waals surface area contributed by atoms with Gasteiger partial charge in [0.15, 0.2) is 0 Å². The van der Waals surface area contributed by atoms with Crippen LogP contribution in [0.25, 0.3) is 11.3 Å². The summed E-state index contributed by atoms with van der Waals surface area (Å²) in [5.41, 5.74) is -0.0457. The average Bonchev–Trinajstić information content (AvgIpc) is 3.16. The molecule has 0 spiro atoms. The molecule has 5 nitrogen and oxygen atoms in total. The van der Waals surface area contributed by atoms with Crippen molar-refractivity contribution in [3.8, 4) is 11.3 Å². The Balaban J connectivity index is 2.13. The van der Waals surface area contributed by atoms with Crippen LogP contribution in [-0.4, -0.2) is 21.2 Å². The highest BCUT2D eigenvalue weighted by Crippen LogP contribution is 2.36. The van der Waals surface area contributed by atoms with E-state index in [-0.39, 0.29) is 11.3 Å². The summed E-state index contributed by atoms with van der Waals surface area (Å²) >= 11 is 0. The topological polar surface area (TPSA) is 56.1 Å².